The second-order valence-corrected chi connectivity index (χ2v) is 13.6. The number of anilines is 1. The van der Waals surface area contributed by atoms with Crippen LogP contribution in [0.3, 0.4) is 0 Å². The fourth-order valence-corrected chi connectivity index (χ4v) is 4.55. The molecule has 1 amide bonds. The van der Waals surface area contributed by atoms with E-state index in [1.165, 1.54) is 45.0 Å². The van der Waals surface area contributed by atoms with E-state index in [9.17, 15) is 27.4 Å². The average molecular weight is 645 g/mol. The Morgan fingerprint density at radius 1 is 1.20 bits per heavy atom. The topological polar surface area (TPSA) is 118 Å². The highest BCUT2D eigenvalue weighted by atomic mass is 31.2. The SMILES string of the molecule is C=C(O/N=C(\C)c1ccc(CN2C(=O)CCC(F)(F)c3cc(F)c(-c4nnc(C(C)(C)P(C)(=O)O)o4)cc32)cc1)C(F)(F)F. The first-order chi connectivity index (χ1) is 20.2. The molecule has 2 heterocycles. The molecular weight excluding hydrogens is 617 g/mol. The number of hydrogen-bond acceptors (Lipinski definition) is 7. The van der Waals surface area contributed by atoms with Gasteiger partial charge in [0.2, 0.25) is 24.9 Å². The summed E-state index contributed by atoms with van der Waals surface area (Å²) < 4.78 is 101. The summed E-state index contributed by atoms with van der Waals surface area (Å²) in [5.41, 5.74) is -0.546. The molecule has 9 nitrogen and oxygen atoms in total. The first kappa shape index (κ1) is 32.9. The number of rotatable bonds is 8. The Kier molecular flexibility index (Phi) is 8.62. The van der Waals surface area contributed by atoms with Gasteiger partial charge in [-0.3, -0.25) is 9.36 Å². The highest BCUT2D eigenvalue weighted by Crippen LogP contribution is 2.56. The lowest BCUT2D eigenvalue weighted by atomic mass is 10.00. The Balaban J connectivity index is 1.70. The molecule has 0 saturated heterocycles. The maximum atomic E-state index is 15.3. The van der Waals surface area contributed by atoms with Gasteiger partial charge in [0.25, 0.3) is 11.8 Å². The number of carbonyl (C=O) groups excluding carboxylic acids is 1. The van der Waals surface area contributed by atoms with Crippen molar-refractivity contribution in [1.82, 2.24) is 10.2 Å². The molecule has 0 bridgehead atoms. The predicted octanol–water partition coefficient (Wildman–Crippen LogP) is 7.25. The smallest absolute Gasteiger partial charge is 0.419 e. The Morgan fingerprint density at radius 3 is 2.43 bits per heavy atom. The first-order valence-corrected chi connectivity index (χ1v) is 15.1. The number of allylic oxidation sites excluding steroid dienone is 1. The van der Waals surface area contributed by atoms with Crippen LogP contribution in [0.1, 0.15) is 56.2 Å². The number of fused-ring (bicyclic) bond motifs is 1. The Morgan fingerprint density at radius 2 is 1.84 bits per heavy atom. The molecular formula is C28H27F6N4O5P. The molecule has 1 atom stereocenters. The zero-order valence-corrected chi connectivity index (χ0v) is 24.8. The number of alkyl halides is 5. The molecule has 16 heteroatoms. The summed E-state index contributed by atoms with van der Waals surface area (Å²) in [4.78, 5) is 28.6. The second-order valence-electron chi connectivity index (χ2n) is 10.8. The van der Waals surface area contributed by atoms with Crippen LogP contribution in [-0.4, -0.2) is 39.6 Å². The monoisotopic (exact) mass is 644 g/mol. The fraction of sp³-hybridized carbons (Fsp3) is 0.357. The van der Waals surface area contributed by atoms with Gasteiger partial charge in [-0.15, -0.1) is 10.2 Å². The van der Waals surface area contributed by atoms with Crippen LogP contribution in [0.5, 0.6) is 0 Å². The van der Waals surface area contributed by atoms with Crippen LogP contribution in [-0.2, 0) is 31.8 Å². The number of carbonyl (C=O) groups is 1. The fourth-order valence-electron chi connectivity index (χ4n) is 4.10. The molecule has 0 saturated carbocycles. The number of aromatic nitrogens is 2. The highest BCUT2D eigenvalue weighted by Gasteiger charge is 2.43. The van der Waals surface area contributed by atoms with Gasteiger partial charge in [-0.2, -0.15) is 13.2 Å². The lowest BCUT2D eigenvalue weighted by molar-refractivity contribution is -0.130. The predicted molar refractivity (Wildman–Crippen MR) is 148 cm³/mol. The maximum Gasteiger partial charge on any atom is 0.451 e. The van der Waals surface area contributed by atoms with E-state index in [-0.39, 0.29) is 23.8 Å². The summed E-state index contributed by atoms with van der Waals surface area (Å²) >= 11 is 0. The summed E-state index contributed by atoms with van der Waals surface area (Å²) in [7, 11) is -3.81. The zero-order valence-electron chi connectivity index (χ0n) is 23.9. The number of nitrogens with zero attached hydrogens (tertiary/aromatic N) is 4. The third kappa shape index (κ3) is 6.58. The van der Waals surface area contributed by atoms with Gasteiger partial charge in [0.05, 0.1) is 23.5 Å². The average Bonchev–Trinajstić information content (AvgIpc) is 3.40. The maximum absolute atomic E-state index is 15.3. The number of amides is 1. The van der Waals surface area contributed by atoms with Crippen molar-refractivity contribution >= 4 is 24.7 Å². The van der Waals surface area contributed by atoms with E-state index in [1.807, 2.05) is 0 Å². The summed E-state index contributed by atoms with van der Waals surface area (Å²) in [5.74, 6) is -7.61. The van der Waals surface area contributed by atoms with Crippen LogP contribution in [0.4, 0.5) is 32.0 Å². The molecule has 236 valence electrons. The molecule has 4 rings (SSSR count). The molecule has 0 aliphatic carbocycles. The van der Waals surface area contributed by atoms with Crippen molar-refractivity contribution in [1.29, 1.82) is 0 Å². The van der Waals surface area contributed by atoms with Gasteiger partial charge in [-0.1, -0.05) is 29.4 Å². The van der Waals surface area contributed by atoms with Crippen molar-refractivity contribution < 1.29 is 49.9 Å². The Labute approximate surface area is 247 Å². The lowest BCUT2D eigenvalue weighted by Crippen LogP contribution is -2.29. The van der Waals surface area contributed by atoms with Crippen molar-refractivity contribution in [2.24, 2.45) is 5.16 Å². The molecule has 1 N–H and O–H groups in total. The summed E-state index contributed by atoms with van der Waals surface area (Å²) in [6, 6.07) is 7.58. The van der Waals surface area contributed by atoms with E-state index in [0.717, 1.165) is 17.6 Å². The van der Waals surface area contributed by atoms with Crippen LogP contribution in [0.2, 0.25) is 0 Å². The largest absolute Gasteiger partial charge is 0.451 e. The van der Waals surface area contributed by atoms with Gasteiger partial charge >= 0.3 is 6.18 Å². The summed E-state index contributed by atoms with van der Waals surface area (Å²) in [5, 5.41) is 9.45. The van der Waals surface area contributed by atoms with Gasteiger partial charge in [0.15, 0.2) is 0 Å². The van der Waals surface area contributed by atoms with E-state index in [1.54, 1.807) is 0 Å². The molecule has 1 aliphatic rings. The Hall–Kier alpha value is -3.97. The van der Waals surface area contributed by atoms with Crippen LogP contribution in [0.25, 0.3) is 11.5 Å². The van der Waals surface area contributed by atoms with Gasteiger partial charge in [-0.05, 0) is 50.6 Å². The van der Waals surface area contributed by atoms with Crippen molar-refractivity contribution in [2.75, 3.05) is 11.6 Å². The third-order valence-corrected chi connectivity index (χ3v) is 9.53. The van der Waals surface area contributed by atoms with E-state index in [0.29, 0.717) is 17.2 Å². The lowest BCUT2D eigenvalue weighted by Gasteiger charge is -2.25. The Bertz CT molecular complexity index is 1680. The molecule has 1 aromatic heterocycles. The van der Waals surface area contributed by atoms with Crippen LogP contribution in [0.15, 0.2) is 58.3 Å². The highest BCUT2D eigenvalue weighted by molar-refractivity contribution is 7.58. The molecule has 0 fully saturated rings. The van der Waals surface area contributed by atoms with E-state index in [2.05, 4.69) is 26.8 Å². The van der Waals surface area contributed by atoms with Crippen molar-refractivity contribution in [3.8, 4) is 11.5 Å². The van der Waals surface area contributed by atoms with Crippen LogP contribution >= 0.6 is 7.37 Å². The molecule has 2 aromatic carbocycles. The molecule has 1 aliphatic heterocycles. The number of halogens is 6. The molecule has 1 unspecified atom stereocenters. The minimum absolute atomic E-state index is 0.0839. The second kappa shape index (κ2) is 11.5. The minimum Gasteiger partial charge on any atom is -0.419 e. The van der Waals surface area contributed by atoms with Gasteiger partial charge in [0.1, 0.15) is 11.0 Å². The van der Waals surface area contributed by atoms with Crippen molar-refractivity contribution in [3.63, 3.8) is 0 Å². The standard InChI is InChI=1S/C28H27F6N4O5P/c1-15(37-43-16(2)28(32,33)34)18-8-6-17(7-9-18)14-38-22-12-19(21(29)13-20(22)27(30,31)11-10-23(38)39)24-35-36-25(42-24)26(3,4)44(5,40)41/h6-9,12-13H,2,10-11,14H2,1,3-5H3,(H,40,41)/b37-15+. The quantitative estimate of drug-likeness (QED) is 0.0903. The van der Waals surface area contributed by atoms with Gasteiger partial charge in [-0.25, -0.2) is 13.2 Å². The van der Waals surface area contributed by atoms with Gasteiger partial charge < -0.3 is 19.0 Å². The van der Waals surface area contributed by atoms with Crippen molar-refractivity contribution in [2.45, 2.75) is 57.4 Å². The number of benzene rings is 2. The van der Waals surface area contributed by atoms with Crippen LogP contribution in [0, 0.1) is 5.82 Å². The minimum atomic E-state index is -4.79. The third-order valence-electron chi connectivity index (χ3n) is 7.26. The van der Waals surface area contributed by atoms with Crippen LogP contribution < -0.4 is 4.90 Å². The number of oxime groups is 1. The van der Waals surface area contributed by atoms with E-state index >= 15 is 13.2 Å². The first-order valence-electron chi connectivity index (χ1n) is 13.0. The van der Waals surface area contributed by atoms with E-state index in [4.69, 9.17) is 4.42 Å². The van der Waals surface area contributed by atoms with Gasteiger partial charge in [0, 0.05) is 25.1 Å². The van der Waals surface area contributed by atoms with E-state index < -0.39 is 72.0 Å². The normalized spacial score (nSPS) is 17.1. The number of hydrogen-bond donors (Lipinski definition) is 1. The molecule has 0 spiro atoms. The molecule has 0 radical (unpaired) electrons. The summed E-state index contributed by atoms with van der Waals surface area (Å²) in [6.45, 7) is 7.78. The molecule has 3 aromatic rings. The van der Waals surface area contributed by atoms with Crippen molar-refractivity contribution in [3.05, 3.63) is 77.1 Å². The summed E-state index contributed by atoms with van der Waals surface area (Å²) in [6.07, 6.45) is -6.21. The molecule has 44 heavy (non-hydrogen) atoms. The zero-order chi connectivity index (χ0) is 32.8.